The lowest BCUT2D eigenvalue weighted by atomic mass is 9.97. The predicted octanol–water partition coefficient (Wildman–Crippen LogP) is 4.23. The van der Waals surface area contributed by atoms with Crippen molar-refractivity contribution in [2.45, 2.75) is 12.7 Å². The molecule has 1 N–H and O–H groups in total. The third kappa shape index (κ3) is 2.99. The zero-order valence-electron chi connectivity index (χ0n) is 10.8. The molecule has 0 unspecified atom stereocenters. The van der Waals surface area contributed by atoms with Crippen LogP contribution in [-0.2, 0) is 12.7 Å². The molecule has 0 fully saturated rings. The van der Waals surface area contributed by atoms with Crippen molar-refractivity contribution in [1.82, 2.24) is 5.32 Å². The Labute approximate surface area is 114 Å². The molecular weight excluding hydrogens is 270 g/mol. The minimum Gasteiger partial charge on any atom is -0.316 e. The molecule has 0 aromatic heterocycles. The summed E-state index contributed by atoms with van der Waals surface area (Å²) in [6, 6.07) is 9.23. The summed E-state index contributed by atoms with van der Waals surface area (Å²) in [5.41, 5.74) is -0.343. The van der Waals surface area contributed by atoms with Gasteiger partial charge in [-0.3, -0.25) is 0 Å². The number of nitrogens with one attached hydrogen (secondary N) is 1. The zero-order chi connectivity index (χ0) is 14.8. The van der Waals surface area contributed by atoms with Crippen molar-refractivity contribution < 1.29 is 17.6 Å². The molecule has 0 amide bonds. The maximum atomic E-state index is 14.0. The average molecular weight is 283 g/mol. The summed E-state index contributed by atoms with van der Waals surface area (Å²) < 4.78 is 52.8. The van der Waals surface area contributed by atoms with E-state index in [1.807, 2.05) is 0 Å². The van der Waals surface area contributed by atoms with Crippen LogP contribution < -0.4 is 5.32 Å². The van der Waals surface area contributed by atoms with Crippen molar-refractivity contribution in [2.75, 3.05) is 7.05 Å². The van der Waals surface area contributed by atoms with Gasteiger partial charge in [0.05, 0.1) is 5.56 Å². The highest BCUT2D eigenvalue weighted by atomic mass is 19.4. The molecule has 0 heterocycles. The topological polar surface area (TPSA) is 12.0 Å². The Morgan fingerprint density at radius 3 is 2.30 bits per heavy atom. The van der Waals surface area contributed by atoms with E-state index in [0.29, 0.717) is 12.1 Å². The molecule has 2 rings (SSSR count). The Morgan fingerprint density at radius 1 is 1.00 bits per heavy atom. The van der Waals surface area contributed by atoms with Gasteiger partial charge in [-0.1, -0.05) is 30.3 Å². The second kappa shape index (κ2) is 5.63. The van der Waals surface area contributed by atoms with Crippen molar-refractivity contribution >= 4 is 0 Å². The van der Waals surface area contributed by atoms with E-state index in [2.05, 4.69) is 5.32 Å². The average Bonchev–Trinajstić information content (AvgIpc) is 2.38. The van der Waals surface area contributed by atoms with Crippen molar-refractivity contribution in [3.63, 3.8) is 0 Å². The van der Waals surface area contributed by atoms with E-state index in [-0.39, 0.29) is 11.1 Å². The molecule has 0 saturated heterocycles. The quantitative estimate of drug-likeness (QED) is 0.831. The van der Waals surface area contributed by atoms with E-state index in [9.17, 15) is 17.6 Å². The highest BCUT2D eigenvalue weighted by Crippen LogP contribution is 2.37. The monoisotopic (exact) mass is 283 g/mol. The van der Waals surface area contributed by atoms with Crippen molar-refractivity contribution in [2.24, 2.45) is 0 Å². The van der Waals surface area contributed by atoms with Gasteiger partial charge in [-0.15, -0.1) is 0 Å². The molecule has 5 heteroatoms. The number of rotatable bonds is 3. The summed E-state index contributed by atoms with van der Waals surface area (Å²) in [7, 11) is 1.71. The van der Waals surface area contributed by atoms with Crippen LogP contribution in [-0.4, -0.2) is 7.05 Å². The van der Waals surface area contributed by atoms with Crippen LogP contribution in [0.1, 0.15) is 11.1 Å². The Bertz CT molecular complexity index is 605. The van der Waals surface area contributed by atoms with E-state index >= 15 is 0 Å². The number of halogens is 4. The summed E-state index contributed by atoms with van der Waals surface area (Å²) in [6.45, 7) is 0.456. The van der Waals surface area contributed by atoms with E-state index in [1.165, 1.54) is 30.3 Å². The van der Waals surface area contributed by atoms with Gasteiger partial charge in [0.1, 0.15) is 5.82 Å². The maximum Gasteiger partial charge on any atom is 0.417 e. The largest absolute Gasteiger partial charge is 0.417 e. The molecular formula is C15H13F4N. The Hall–Kier alpha value is -1.88. The fourth-order valence-electron chi connectivity index (χ4n) is 2.06. The van der Waals surface area contributed by atoms with Crippen LogP contribution in [0, 0.1) is 5.82 Å². The van der Waals surface area contributed by atoms with Crippen LogP contribution in [0.3, 0.4) is 0 Å². The SMILES string of the molecule is CNCc1ccc(-c2ccccc2C(F)(F)F)c(F)c1. The van der Waals surface area contributed by atoms with Gasteiger partial charge in [-0.25, -0.2) is 4.39 Å². The Morgan fingerprint density at radius 2 is 1.70 bits per heavy atom. The van der Waals surface area contributed by atoms with Gasteiger partial charge >= 0.3 is 6.18 Å². The lowest BCUT2D eigenvalue weighted by molar-refractivity contribution is -0.137. The van der Waals surface area contributed by atoms with E-state index < -0.39 is 17.6 Å². The summed E-state index contributed by atoms with van der Waals surface area (Å²) in [6.07, 6.45) is -4.51. The predicted molar refractivity (Wildman–Crippen MR) is 69.6 cm³/mol. The second-order valence-electron chi connectivity index (χ2n) is 4.39. The van der Waals surface area contributed by atoms with Gasteiger partial charge in [-0.2, -0.15) is 13.2 Å². The molecule has 0 spiro atoms. The number of hydrogen-bond acceptors (Lipinski definition) is 1. The lowest BCUT2D eigenvalue weighted by Crippen LogP contribution is -2.08. The van der Waals surface area contributed by atoms with Gasteiger partial charge in [0.2, 0.25) is 0 Å². The minimum absolute atomic E-state index is 0.0437. The summed E-state index contributed by atoms with van der Waals surface area (Å²) in [4.78, 5) is 0. The van der Waals surface area contributed by atoms with Crippen LogP contribution in [0.25, 0.3) is 11.1 Å². The molecule has 2 aromatic rings. The fraction of sp³-hybridized carbons (Fsp3) is 0.200. The Kier molecular flexibility index (Phi) is 4.09. The first kappa shape index (κ1) is 14.5. The fourth-order valence-corrected chi connectivity index (χ4v) is 2.06. The highest BCUT2D eigenvalue weighted by molar-refractivity contribution is 5.69. The molecule has 1 nitrogen and oxygen atoms in total. The first-order valence-electron chi connectivity index (χ1n) is 6.03. The number of alkyl halides is 3. The summed E-state index contributed by atoms with van der Waals surface area (Å²) in [5.74, 6) is -0.658. The first-order chi connectivity index (χ1) is 9.43. The molecule has 0 radical (unpaired) electrons. The molecule has 0 aliphatic rings. The third-order valence-electron chi connectivity index (χ3n) is 2.94. The van der Waals surface area contributed by atoms with Crippen LogP contribution in [0.4, 0.5) is 17.6 Å². The van der Waals surface area contributed by atoms with Crippen LogP contribution in [0.15, 0.2) is 42.5 Å². The summed E-state index contributed by atoms with van der Waals surface area (Å²) in [5, 5.41) is 2.86. The smallest absolute Gasteiger partial charge is 0.316 e. The first-order valence-corrected chi connectivity index (χ1v) is 6.03. The maximum absolute atomic E-state index is 14.0. The van der Waals surface area contributed by atoms with Crippen LogP contribution >= 0.6 is 0 Å². The summed E-state index contributed by atoms with van der Waals surface area (Å²) >= 11 is 0. The zero-order valence-corrected chi connectivity index (χ0v) is 10.8. The molecule has 20 heavy (non-hydrogen) atoms. The van der Waals surface area contributed by atoms with Gasteiger partial charge in [-0.05, 0) is 30.3 Å². The van der Waals surface area contributed by atoms with Crippen molar-refractivity contribution in [1.29, 1.82) is 0 Å². The normalized spacial score (nSPS) is 11.7. The third-order valence-corrected chi connectivity index (χ3v) is 2.94. The standard InChI is InChI=1S/C15H13F4N/c1-20-9-10-6-7-12(14(16)8-10)11-4-2-3-5-13(11)15(17,18)19/h2-8,20H,9H2,1H3. The van der Waals surface area contributed by atoms with Crippen LogP contribution in [0.5, 0.6) is 0 Å². The van der Waals surface area contributed by atoms with Gasteiger partial charge < -0.3 is 5.32 Å². The van der Waals surface area contributed by atoms with Crippen molar-refractivity contribution in [3.05, 3.63) is 59.4 Å². The van der Waals surface area contributed by atoms with E-state index in [0.717, 1.165) is 6.07 Å². The van der Waals surface area contributed by atoms with Crippen LogP contribution in [0.2, 0.25) is 0 Å². The number of benzene rings is 2. The Balaban J connectivity index is 2.52. The highest BCUT2D eigenvalue weighted by Gasteiger charge is 2.33. The minimum atomic E-state index is -4.51. The van der Waals surface area contributed by atoms with Gasteiger partial charge in [0, 0.05) is 12.1 Å². The van der Waals surface area contributed by atoms with Crippen molar-refractivity contribution in [3.8, 4) is 11.1 Å². The van der Waals surface area contributed by atoms with Gasteiger partial charge in [0.15, 0.2) is 0 Å². The number of hydrogen-bond donors (Lipinski definition) is 1. The molecule has 0 atom stereocenters. The van der Waals surface area contributed by atoms with Gasteiger partial charge in [0.25, 0.3) is 0 Å². The van der Waals surface area contributed by atoms with E-state index in [1.54, 1.807) is 13.1 Å². The lowest BCUT2D eigenvalue weighted by Gasteiger charge is -2.14. The molecule has 0 bridgehead atoms. The molecule has 0 aliphatic heterocycles. The molecule has 2 aromatic carbocycles. The molecule has 106 valence electrons. The molecule has 0 saturated carbocycles. The molecule has 0 aliphatic carbocycles. The van der Waals surface area contributed by atoms with E-state index in [4.69, 9.17) is 0 Å². The second-order valence-corrected chi connectivity index (χ2v) is 4.39.